The molecule has 2 N–H and O–H groups in total. The zero-order valence-electron chi connectivity index (χ0n) is 25.8. The summed E-state index contributed by atoms with van der Waals surface area (Å²) in [5, 5.41) is 6.01. The van der Waals surface area contributed by atoms with E-state index in [4.69, 9.17) is 33.2 Å². The van der Waals surface area contributed by atoms with Gasteiger partial charge in [-0.15, -0.1) is 0 Å². The predicted molar refractivity (Wildman–Crippen MR) is 145 cm³/mol. The fraction of sp³-hybridized carbons (Fsp3) is 0.821. The normalized spacial score (nSPS) is 26.5. The van der Waals surface area contributed by atoms with E-state index in [9.17, 15) is 24.0 Å². The van der Waals surface area contributed by atoms with Crippen molar-refractivity contribution in [2.24, 2.45) is 11.3 Å². The van der Waals surface area contributed by atoms with Gasteiger partial charge in [-0.2, -0.15) is 0 Å². The zero-order chi connectivity index (χ0) is 31.6. The zero-order valence-corrected chi connectivity index (χ0v) is 25.8. The molecule has 2 aliphatic heterocycles. The molecule has 0 aromatic rings. The molecule has 0 aromatic carbocycles. The van der Waals surface area contributed by atoms with E-state index in [1.54, 1.807) is 0 Å². The van der Waals surface area contributed by atoms with Gasteiger partial charge in [-0.25, -0.2) is 0 Å². The molecule has 2 heterocycles. The minimum atomic E-state index is -1.46. The summed E-state index contributed by atoms with van der Waals surface area (Å²) in [6.07, 6.45) is -4.74. The van der Waals surface area contributed by atoms with Crippen molar-refractivity contribution in [3.8, 4) is 0 Å². The van der Waals surface area contributed by atoms with Crippen LogP contribution in [0.1, 0.15) is 68.2 Å². The molecule has 14 heteroatoms. The van der Waals surface area contributed by atoms with Crippen LogP contribution in [-0.4, -0.2) is 99.1 Å². The first-order valence-corrected chi connectivity index (χ1v) is 14.2. The summed E-state index contributed by atoms with van der Waals surface area (Å²) in [5.74, 6) is -3.24. The number of carbonyl (C=O) groups excluding carboxylic acids is 5. The molecule has 0 saturated carbocycles. The van der Waals surface area contributed by atoms with Gasteiger partial charge in [0.1, 0.15) is 18.8 Å². The van der Waals surface area contributed by atoms with E-state index in [0.29, 0.717) is 32.6 Å². The Balaban J connectivity index is 2.28. The molecular formula is C28H46N2O12. The summed E-state index contributed by atoms with van der Waals surface area (Å²) >= 11 is 0. The van der Waals surface area contributed by atoms with Crippen LogP contribution in [0.25, 0.3) is 0 Å². The highest BCUT2D eigenvalue weighted by molar-refractivity contribution is 5.82. The molecule has 2 saturated heterocycles. The van der Waals surface area contributed by atoms with Crippen LogP contribution in [0.3, 0.4) is 0 Å². The number of nitrogens with one attached hydrogen (secondary N) is 2. The molecule has 2 rings (SSSR count). The first-order chi connectivity index (χ1) is 19.6. The Morgan fingerprint density at radius 2 is 1.43 bits per heavy atom. The number of ether oxygens (including phenoxy) is 7. The summed E-state index contributed by atoms with van der Waals surface area (Å²) in [5.41, 5.74) is -0.0653. The Morgan fingerprint density at radius 1 is 0.857 bits per heavy atom. The summed E-state index contributed by atoms with van der Waals surface area (Å²) in [7, 11) is 0. The topological polar surface area (TPSA) is 174 Å². The third-order valence-corrected chi connectivity index (χ3v) is 6.41. The van der Waals surface area contributed by atoms with Gasteiger partial charge in [0.05, 0.1) is 19.3 Å². The van der Waals surface area contributed by atoms with Crippen molar-refractivity contribution in [3.63, 3.8) is 0 Å². The highest BCUT2D eigenvalue weighted by Crippen LogP contribution is 2.28. The van der Waals surface area contributed by atoms with Crippen LogP contribution in [0.4, 0.5) is 0 Å². The smallest absolute Gasteiger partial charge is 0.305 e. The van der Waals surface area contributed by atoms with Gasteiger partial charge >= 0.3 is 23.9 Å². The number of esters is 4. The third kappa shape index (κ3) is 11.8. The van der Waals surface area contributed by atoms with Crippen molar-refractivity contribution < 1.29 is 57.1 Å². The van der Waals surface area contributed by atoms with Crippen molar-refractivity contribution in [1.29, 1.82) is 0 Å². The number of rotatable bonds is 13. The number of amides is 1. The van der Waals surface area contributed by atoms with Gasteiger partial charge in [0.2, 0.25) is 12.2 Å². The summed E-state index contributed by atoms with van der Waals surface area (Å²) in [6, 6.07) is -1.97. The SMILES string of the molecule is CC(=O)OC[C@H]1O[C@H](OC(C)=O)[C@H](NC(=O)[C@H](CC(C)C)NCCC2OCC(C)(C)CO2)[C@@H](OC(C)=O)[C@@H]1OC(C)=O. The second-order valence-electron chi connectivity index (χ2n) is 11.8. The molecule has 0 bridgehead atoms. The Hall–Kier alpha value is -2.81. The van der Waals surface area contributed by atoms with Crippen molar-refractivity contribution in [3.05, 3.63) is 0 Å². The van der Waals surface area contributed by atoms with Crippen LogP contribution in [0.2, 0.25) is 0 Å². The Bertz CT molecular complexity index is 945. The lowest BCUT2D eigenvalue weighted by atomic mass is 9.95. The monoisotopic (exact) mass is 602 g/mol. The van der Waals surface area contributed by atoms with Gasteiger partial charge in [-0.1, -0.05) is 27.7 Å². The Morgan fingerprint density at radius 3 is 1.95 bits per heavy atom. The van der Waals surface area contributed by atoms with Gasteiger partial charge in [-0.05, 0) is 12.3 Å². The molecule has 0 aliphatic carbocycles. The summed E-state index contributed by atoms with van der Waals surface area (Å²) < 4.78 is 38.7. The largest absolute Gasteiger partial charge is 0.463 e. The highest BCUT2D eigenvalue weighted by atomic mass is 16.7. The van der Waals surface area contributed by atoms with Crippen molar-refractivity contribution in [2.75, 3.05) is 26.4 Å². The van der Waals surface area contributed by atoms with Crippen molar-refractivity contribution in [2.45, 2.75) is 111 Å². The maximum atomic E-state index is 13.7. The Kier molecular flexibility index (Phi) is 13.6. The van der Waals surface area contributed by atoms with Crippen LogP contribution in [0.15, 0.2) is 0 Å². The maximum absolute atomic E-state index is 13.7. The Labute approximate surface area is 246 Å². The van der Waals surface area contributed by atoms with Crippen LogP contribution in [0, 0.1) is 11.3 Å². The number of hydrogen-bond acceptors (Lipinski definition) is 13. The molecular weight excluding hydrogens is 556 g/mol. The fourth-order valence-electron chi connectivity index (χ4n) is 4.61. The van der Waals surface area contributed by atoms with Crippen LogP contribution >= 0.6 is 0 Å². The molecule has 0 spiro atoms. The van der Waals surface area contributed by atoms with E-state index in [1.807, 2.05) is 13.8 Å². The minimum Gasteiger partial charge on any atom is -0.463 e. The molecule has 0 unspecified atom stereocenters. The molecule has 14 nitrogen and oxygen atoms in total. The van der Waals surface area contributed by atoms with Gasteiger partial charge in [-0.3, -0.25) is 24.0 Å². The van der Waals surface area contributed by atoms with Crippen LogP contribution in [0.5, 0.6) is 0 Å². The molecule has 0 radical (unpaired) electrons. The van der Waals surface area contributed by atoms with E-state index >= 15 is 0 Å². The van der Waals surface area contributed by atoms with E-state index in [2.05, 4.69) is 24.5 Å². The second-order valence-corrected chi connectivity index (χ2v) is 11.8. The van der Waals surface area contributed by atoms with Gasteiger partial charge in [0, 0.05) is 46.1 Å². The molecule has 1 amide bonds. The van der Waals surface area contributed by atoms with E-state index in [-0.39, 0.29) is 11.3 Å². The van der Waals surface area contributed by atoms with Gasteiger partial charge in [0.25, 0.3) is 0 Å². The van der Waals surface area contributed by atoms with Crippen molar-refractivity contribution >= 4 is 29.8 Å². The molecule has 6 atom stereocenters. The summed E-state index contributed by atoms with van der Waals surface area (Å²) in [6.45, 7) is 13.7. The fourth-order valence-corrected chi connectivity index (χ4v) is 4.61. The molecule has 42 heavy (non-hydrogen) atoms. The van der Waals surface area contributed by atoms with E-state index in [1.165, 1.54) is 6.92 Å². The molecule has 0 aromatic heterocycles. The molecule has 240 valence electrons. The number of carbonyl (C=O) groups is 5. The molecule has 2 aliphatic rings. The van der Waals surface area contributed by atoms with Crippen LogP contribution in [-0.2, 0) is 57.1 Å². The van der Waals surface area contributed by atoms with E-state index < -0.39 is 79.4 Å². The lowest BCUT2D eigenvalue weighted by molar-refractivity contribution is -0.271. The maximum Gasteiger partial charge on any atom is 0.305 e. The lowest BCUT2D eigenvalue weighted by Gasteiger charge is -2.44. The minimum absolute atomic E-state index is 0.0653. The average Bonchev–Trinajstić information content (AvgIpc) is 2.85. The average molecular weight is 603 g/mol. The first kappa shape index (κ1) is 35.4. The first-order valence-electron chi connectivity index (χ1n) is 14.2. The quantitative estimate of drug-likeness (QED) is 0.226. The summed E-state index contributed by atoms with van der Waals surface area (Å²) in [4.78, 5) is 61.3. The van der Waals surface area contributed by atoms with Gasteiger partial charge in [0.15, 0.2) is 18.5 Å². The highest BCUT2D eigenvalue weighted by Gasteiger charge is 2.52. The second kappa shape index (κ2) is 16.1. The predicted octanol–water partition coefficient (Wildman–Crippen LogP) is 0.979. The third-order valence-electron chi connectivity index (χ3n) is 6.41. The van der Waals surface area contributed by atoms with E-state index in [0.717, 1.165) is 20.8 Å². The van der Waals surface area contributed by atoms with Crippen LogP contribution < -0.4 is 10.6 Å². The lowest BCUT2D eigenvalue weighted by Crippen LogP contribution is -2.68. The molecule has 2 fully saturated rings. The standard InChI is InChI=1S/C28H46N2O12/c1-15(2)11-20(29-10-9-22-37-13-28(7,8)14-38-22)26(35)30-23-25(40-18(5)33)24(39-17(4)32)21(12-36-16(3)31)42-27(23)41-19(6)34/h15,20-25,27,29H,9-14H2,1-8H3,(H,30,35)/t20-,21+,23+,24+,25+,27-/m0/s1. The van der Waals surface area contributed by atoms with Gasteiger partial charge < -0.3 is 43.8 Å². The number of hydrogen-bond donors (Lipinski definition) is 2. The van der Waals surface area contributed by atoms with Crippen molar-refractivity contribution in [1.82, 2.24) is 10.6 Å².